The molecule has 112 valence electrons. The second kappa shape index (κ2) is 6.21. The summed E-state index contributed by atoms with van der Waals surface area (Å²) in [7, 11) is -0.995. The van der Waals surface area contributed by atoms with E-state index >= 15 is 0 Å². The third-order valence-corrected chi connectivity index (χ3v) is 3.24. The van der Waals surface area contributed by atoms with Crippen molar-refractivity contribution in [2.45, 2.75) is 11.9 Å². The maximum atomic E-state index is 12.6. The van der Waals surface area contributed by atoms with Gasteiger partial charge in [0.15, 0.2) is 0 Å². The zero-order valence-electron chi connectivity index (χ0n) is 11.0. The molecule has 2 aromatic rings. The maximum absolute atomic E-state index is 12.6. The van der Waals surface area contributed by atoms with Crippen LogP contribution < -0.4 is 5.32 Å². The van der Waals surface area contributed by atoms with E-state index < -0.39 is 22.7 Å². The Morgan fingerprint density at radius 2 is 2.05 bits per heavy atom. The number of aromatic nitrogens is 2. The normalized spacial score (nSPS) is 13.0. The lowest BCUT2D eigenvalue weighted by atomic mass is 10.2. The van der Waals surface area contributed by atoms with Crippen molar-refractivity contribution in [1.82, 2.24) is 9.97 Å². The first-order chi connectivity index (χ1) is 9.84. The summed E-state index contributed by atoms with van der Waals surface area (Å²) in [6.07, 6.45) is -1.89. The number of nitrogens with zero attached hydrogens (tertiary/aromatic N) is 2. The Kier molecular flexibility index (Phi) is 4.56. The van der Waals surface area contributed by atoms with Crippen LogP contribution in [0, 0.1) is 0 Å². The molecule has 2 rings (SSSR count). The fourth-order valence-corrected chi connectivity index (χ4v) is 2.33. The molecule has 4 nitrogen and oxygen atoms in total. The van der Waals surface area contributed by atoms with E-state index in [1.54, 1.807) is 30.5 Å². The van der Waals surface area contributed by atoms with E-state index in [-0.39, 0.29) is 5.95 Å². The molecule has 0 fully saturated rings. The third kappa shape index (κ3) is 4.52. The number of hydrogen-bond donors (Lipinski definition) is 1. The van der Waals surface area contributed by atoms with Gasteiger partial charge < -0.3 is 5.32 Å². The van der Waals surface area contributed by atoms with Crippen molar-refractivity contribution < 1.29 is 17.4 Å². The quantitative estimate of drug-likeness (QED) is 0.942. The SMILES string of the molecule is CS(=O)Cc1cccc(Nc2nccc(C(F)(F)F)n2)c1. The molecule has 1 aromatic heterocycles. The van der Waals surface area contributed by atoms with Crippen LogP contribution in [0.5, 0.6) is 0 Å². The summed E-state index contributed by atoms with van der Waals surface area (Å²) < 4.78 is 48.9. The molecule has 8 heteroatoms. The van der Waals surface area contributed by atoms with Crippen LogP contribution in [-0.4, -0.2) is 20.4 Å². The molecule has 21 heavy (non-hydrogen) atoms. The number of halogens is 3. The Labute approximate surface area is 121 Å². The molecule has 0 radical (unpaired) electrons. The minimum absolute atomic E-state index is 0.139. The molecular formula is C13H12F3N3OS. The average Bonchev–Trinajstić information content (AvgIpc) is 2.37. The zero-order valence-corrected chi connectivity index (χ0v) is 11.8. The van der Waals surface area contributed by atoms with Crippen LogP contribution in [0.4, 0.5) is 24.8 Å². The molecule has 0 aliphatic carbocycles. The van der Waals surface area contributed by atoms with Gasteiger partial charge in [0.25, 0.3) is 0 Å². The maximum Gasteiger partial charge on any atom is 0.433 e. The number of alkyl halides is 3. The molecule has 0 aliphatic rings. The Morgan fingerprint density at radius 1 is 1.29 bits per heavy atom. The fraction of sp³-hybridized carbons (Fsp3) is 0.231. The Bertz CT molecular complexity index is 661. The predicted octanol–water partition coefficient (Wildman–Crippen LogP) is 3.12. The number of anilines is 2. The van der Waals surface area contributed by atoms with Crippen molar-refractivity contribution in [3.05, 3.63) is 47.8 Å². The van der Waals surface area contributed by atoms with E-state index in [1.165, 1.54) is 0 Å². The molecule has 1 heterocycles. The van der Waals surface area contributed by atoms with Crippen LogP contribution in [0.25, 0.3) is 0 Å². The number of rotatable bonds is 4. The first-order valence-electron chi connectivity index (χ1n) is 5.91. The highest BCUT2D eigenvalue weighted by molar-refractivity contribution is 7.83. The van der Waals surface area contributed by atoms with Crippen LogP contribution in [0.2, 0.25) is 0 Å². The summed E-state index contributed by atoms with van der Waals surface area (Å²) in [5.74, 6) is 0.235. The van der Waals surface area contributed by atoms with Crippen molar-refractivity contribution in [1.29, 1.82) is 0 Å². The van der Waals surface area contributed by atoms with Gasteiger partial charge in [-0.2, -0.15) is 13.2 Å². The first kappa shape index (κ1) is 15.4. The van der Waals surface area contributed by atoms with Gasteiger partial charge in [0.1, 0.15) is 5.69 Å². The molecule has 1 atom stereocenters. The lowest BCUT2D eigenvalue weighted by molar-refractivity contribution is -0.141. The molecule has 0 bridgehead atoms. The van der Waals surface area contributed by atoms with Gasteiger partial charge in [0, 0.05) is 34.7 Å². The summed E-state index contributed by atoms with van der Waals surface area (Å²) in [5.41, 5.74) is 0.343. The standard InChI is InChI=1S/C13H12F3N3OS/c1-21(20)8-9-3-2-4-10(7-9)18-12-17-6-5-11(19-12)13(14,15)16/h2-7H,8H2,1H3,(H,17,18,19). The van der Waals surface area contributed by atoms with Crippen LogP contribution in [0.3, 0.4) is 0 Å². The van der Waals surface area contributed by atoms with Gasteiger partial charge in [-0.3, -0.25) is 4.21 Å². The van der Waals surface area contributed by atoms with Gasteiger partial charge >= 0.3 is 6.18 Å². The molecule has 0 spiro atoms. The summed E-state index contributed by atoms with van der Waals surface area (Å²) >= 11 is 0. The molecular weight excluding hydrogens is 303 g/mol. The Balaban J connectivity index is 2.20. The first-order valence-corrected chi connectivity index (χ1v) is 7.63. The van der Waals surface area contributed by atoms with E-state index in [0.29, 0.717) is 11.4 Å². The van der Waals surface area contributed by atoms with Gasteiger partial charge in [0.2, 0.25) is 5.95 Å². The van der Waals surface area contributed by atoms with Crippen LogP contribution in [-0.2, 0) is 22.7 Å². The van der Waals surface area contributed by atoms with Crippen molar-refractivity contribution >= 4 is 22.4 Å². The van der Waals surface area contributed by atoms with E-state index in [9.17, 15) is 17.4 Å². The summed E-state index contributed by atoms with van der Waals surface area (Å²) in [4.78, 5) is 7.18. The average molecular weight is 315 g/mol. The van der Waals surface area contributed by atoms with Crippen molar-refractivity contribution in [3.8, 4) is 0 Å². The highest BCUT2D eigenvalue weighted by Crippen LogP contribution is 2.28. The Hall–Kier alpha value is -1.96. The number of benzene rings is 1. The predicted molar refractivity (Wildman–Crippen MR) is 74.5 cm³/mol. The Morgan fingerprint density at radius 3 is 2.71 bits per heavy atom. The van der Waals surface area contributed by atoms with Crippen molar-refractivity contribution in [3.63, 3.8) is 0 Å². The van der Waals surface area contributed by atoms with Crippen LogP contribution in [0.15, 0.2) is 36.5 Å². The molecule has 1 aromatic carbocycles. The van der Waals surface area contributed by atoms with Gasteiger partial charge in [-0.05, 0) is 23.8 Å². The third-order valence-electron chi connectivity index (χ3n) is 2.50. The van der Waals surface area contributed by atoms with E-state index in [4.69, 9.17) is 0 Å². The van der Waals surface area contributed by atoms with E-state index in [0.717, 1.165) is 17.8 Å². The van der Waals surface area contributed by atoms with E-state index in [2.05, 4.69) is 15.3 Å². The number of nitrogens with one attached hydrogen (secondary N) is 1. The second-order valence-corrected chi connectivity index (χ2v) is 5.74. The minimum atomic E-state index is -4.51. The van der Waals surface area contributed by atoms with Gasteiger partial charge in [0.05, 0.1) is 0 Å². The van der Waals surface area contributed by atoms with Crippen LogP contribution in [0.1, 0.15) is 11.3 Å². The number of hydrogen-bond acceptors (Lipinski definition) is 4. The molecule has 1 unspecified atom stereocenters. The smallest absolute Gasteiger partial charge is 0.324 e. The second-order valence-electron chi connectivity index (χ2n) is 4.31. The minimum Gasteiger partial charge on any atom is -0.324 e. The monoisotopic (exact) mass is 315 g/mol. The summed E-state index contributed by atoms with van der Waals surface area (Å²) in [5, 5.41) is 2.71. The summed E-state index contributed by atoms with van der Waals surface area (Å²) in [6.45, 7) is 0. The van der Waals surface area contributed by atoms with Crippen molar-refractivity contribution in [2.75, 3.05) is 11.6 Å². The molecule has 0 amide bonds. The van der Waals surface area contributed by atoms with Crippen molar-refractivity contribution in [2.24, 2.45) is 0 Å². The molecule has 0 saturated carbocycles. The fourth-order valence-electron chi connectivity index (χ4n) is 1.68. The van der Waals surface area contributed by atoms with Crippen LogP contribution >= 0.6 is 0 Å². The van der Waals surface area contributed by atoms with E-state index in [1.807, 2.05) is 0 Å². The lowest BCUT2D eigenvalue weighted by Crippen LogP contribution is -2.10. The van der Waals surface area contributed by atoms with Gasteiger partial charge in [-0.25, -0.2) is 9.97 Å². The highest BCUT2D eigenvalue weighted by atomic mass is 32.2. The summed E-state index contributed by atoms with van der Waals surface area (Å²) in [6, 6.07) is 7.69. The lowest BCUT2D eigenvalue weighted by Gasteiger charge is -2.09. The highest BCUT2D eigenvalue weighted by Gasteiger charge is 2.32. The molecule has 0 aliphatic heterocycles. The van der Waals surface area contributed by atoms with Gasteiger partial charge in [-0.1, -0.05) is 12.1 Å². The molecule has 1 N–H and O–H groups in total. The molecule has 0 saturated heterocycles. The largest absolute Gasteiger partial charge is 0.433 e. The topological polar surface area (TPSA) is 54.9 Å². The zero-order chi connectivity index (χ0) is 15.5. The van der Waals surface area contributed by atoms with Gasteiger partial charge in [-0.15, -0.1) is 0 Å².